The molecule has 2 aromatic rings. The minimum absolute atomic E-state index is 0.316. The lowest BCUT2D eigenvalue weighted by Crippen LogP contribution is -2.07. The van der Waals surface area contributed by atoms with Crippen LogP contribution in [0, 0.1) is 0 Å². The summed E-state index contributed by atoms with van der Waals surface area (Å²) in [6.07, 6.45) is 1.94. The van der Waals surface area contributed by atoms with E-state index in [2.05, 4.69) is 40.2 Å². The first-order valence-corrected chi connectivity index (χ1v) is 8.25. The van der Waals surface area contributed by atoms with Crippen LogP contribution in [-0.2, 0) is 22.4 Å². The summed E-state index contributed by atoms with van der Waals surface area (Å²) < 4.78 is 5.68. The molecule has 0 aliphatic heterocycles. The normalized spacial score (nSPS) is 12.9. The minimum atomic E-state index is -0.316. The number of fused-ring (bicyclic) bond motifs is 2. The van der Waals surface area contributed by atoms with Crippen LogP contribution in [0.2, 0.25) is 0 Å². The first-order chi connectivity index (χ1) is 10.7. The summed E-state index contributed by atoms with van der Waals surface area (Å²) in [6, 6.07) is 16.5. The second-order valence-electron chi connectivity index (χ2n) is 5.22. The van der Waals surface area contributed by atoms with Gasteiger partial charge in [-0.2, -0.15) is 0 Å². The second-order valence-corrected chi connectivity index (χ2v) is 6.02. The maximum Gasteiger partial charge on any atom is 0.345 e. The van der Waals surface area contributed by atoms with Gasteiger partial charge in [-0.15, -0.1) is 0 Å². The Labute approximate surface area is 138 Å². The summed E-state index contributed by atoms with van der Waals surface area (Å²) in [5, 5.41) is 0. The third-order valence-electron chi connectivity index (χ3n) is 3.91. The number of rotatable bonds is 2. The van der Waals surface area contributed by atoms with E-state index in [0.29, 0.717) is 11.1 Å². The second kappa shape index (κ2) is 6.49. The fourth-order valence-corrected chi connectivity index (χ4v) is 3.45. The average molecular weight is 357 g/mol. The molecule has 1 aliphatic carbocycles. The van der Waals surface area contributed by atoms with Gasteiger partial charge < -0.3 is 4.74 Å². The molecule has 3 heteroatoms. The Morgan fingerprint density at radius 1 is 1.00 bits per heavy atom. The third-order valence-corrected chi connectivity index (χ3v) is 4.63. The fraction of sp³-hybridized carbons (Fsp3) is 0.211. The molecule has 2 nitrogen and oxygen atoms in total. The van der Waals surface area contributed by atoms with E-state index in [-0.39, 0.29) is 5.97 Å². The standard InChI is InChI=1S/C19H17BrO2/c1-2-22-19(21)18(20)17-15-9-5-3-7-13(15)11-12-14-8-4-6-10-16(14)17/h3-10H,2,11-12H2,1H3. The van der Waals surface area contributed by atoms with Crippen molar-refractivity contribution in [3.63, 3.8) is 0 Å². The van der Waals surface area contributed by atoms with Gasteiger partial charge in [-0.05, 0) is 57.9 Å². The van der Waals surface area contributed by atoms with Crippen molar-refractivity contribution in [3.05, 3.63) is 75.3 Å². The first-order valence-electron chi connectivity index (χ1n) is 7.45. The van der Waals surface area contributed by atoms with Crippen molar-refractivity contribution in [1.82, 2.24) is 0 Å². The van der Waals surface area contributed by atoms with Crippen LogP contribution in [0.15, 0.2) is 53.0 Å². The molecule has 0 amide bonds. The highest BCUT2D eigenvalue weighted by atomic mass is 79.9. The Hall–Kier alpha value is -1.87. The van der Waals surface area contributed by atoms with Crippen LogP contribution in [0.3, 0.4) is 0 Å². The monoisotopic (exact) mass is 356 g/mol. The van der Waals surface area contributed by atoms with Gasteiger partial charge in [0.05, 0.1) is 6.61 Å². The molecule has 0 unspecified atom stereocenters. The summed E-state index contributed by atoms with van der Waals surface area (Å²) in [7, 11) is 0. The lowest BCUT2D eigenvalue weighted by atomic mass is 9.94. The van der Waals surface area contributed by atoms with E-state index in [9.17, 15) is 4.79 Å². The summed E-state index contributed by atoms with van der Waals surface area (Å²) in [5.74, 6) is -0.316. The highest BCUT2D eigenvalue weighted by Crippen LogP contribution is 2.37. The van der Waals surface area contributed by atoms with Gasteiger partial charge in [0.15, 0.2) is 0 Å². The molecule has 0 saturated heterocycles. The number of halogens is 1. The number of carbonyl (C=O) groups excluding carboxylic acids is 1. The van der Waals surface area contributed by atoms with Crippen molar-refractivity contribution in [1.29, 1.82) is 0 Å². The lowest BCUT2D eigenvalue weighted by molar-refractivity contribution is -0.137. The van der Waals surface area contributed by atoms with Gasteiger partial charge in [-0.1, -0.05) is 48.5 Å². The van der Waals surface area contributed by atoms with Crippen LogP contribution in [0.25, 0.3) is 5.57 Å². The molecular formula is C19H17BrO2. The SMILES string of the molecule is CCOC(=O)C(Br)=C1c2ccccc2CCc2ccccc21. The number of hydrogen-bond acceptors (Lipinski definition) is 2. The van der Waals surface area contributed by atoms with E-state index in [0.717, 1.165) is 29.5 Å². The highest BCUT2D eigenvalue weighted by molar-refractivity contribution is 9.12. The summed E-state index contributed by atoms with van der Waals surface area (Å²) in [4.78, 5) is 12.2. The van der Waals surface area contributed by atoms with E-state index in [1.807, 2.05) is 31.2 Å². The molecule has 112 valence electrons. The van der Waals surface area contributed by atoms with Gasteiger partial charge >= 0.3 is 5.97 Å². The van der Waals surface area contributed by atoms with Crippen molar-refractivity contribution in [2.24, 2.45) is 0 Å². The summed E-state index contributed by atoms with van der Waals surface area (Å²) >= 11 is 3.49. The van der Waals surface area contributed by atoms with E-state index >= 15 is 0 Å². The highest BCUT2D eigenvalue weighted by Gasteiger charge is 2.23. The number of carbonyl (C=O) groups is 1. The molecule has 0 N–H and O–H groups in total. The average Bonchev–Trinajstić information content (AvgIpc) is 2.71. The maximum absolute atomic E-state index is 12.2. The van der Waals surface area contributed by atoms with Crippen molar-refractivity contribution in [3.8, 4) is 0 Å². The van der Waals surface area contributed by atoms with Gasteiger partial charge in [-0.3, -0.25) is 0 Å². The molecule has 0 saturated carbocycles. The largest absolute Gasteiger partial charge is 0.462 e. The Bertz CT molecular complexity index is 697. The van der Waals surface area contributed by atoms with Crippen LogP contribution in [-0.4, -0.2) is 12.6 Å². The number of benzene rings is 2. The molecule has 3 rings (SSSR count). The van der Waals surface area contributed by atoms with Crippen LogP contribution >= 0.6 is 15.9 Å². The molecule has 0 aromatic heterocycles. The van der Waals surface area contributed by atoms with Crippen LogP contribution in [0.1, 0.15) is 29.2 Å². The Kier molecular flexibility index (Phi) is 4.44. The molecular weight excluding hydrogens is 340 g/mol. The molecule has 0 atom stereocenters. The van der Waals surface area contributed by atoms with Crippen molar-refractivity contribution >= 4 is 27.5 Å². The third kappa shape index (κ3) is 2.73. The molecule has 22 heavy (non-hydrogen) atoms. The van der Waals surface area contributed by atoms with Gasteiger partial charge in [0.2, 0.25) is 0 Å². The first kappa shape index (κ1) is 15.0. The Morgan fingerprint density at radius 3 is 2.00 bits per heavy atom. The maximum atomic E-state index is 12.2. The number of ether oxygens (including phenoxy) is 1. The Morgan fingerprint density at radius 2 is 1.50 bits per heavy atom. The predicted octanol–water partition coefficient (Wildman–Crippen LogP) is 4.50. The van der Waals surface area contributed by atoms with Gasteiger partial charge in [0.25, 0.3) is 0 Å². The van der Waals surface area contributed by atoms with Crippen LogP contribution < -0.4 is 0 Å². The zero-order valence-corrected chi connectivity index (χ0v) is 14.0. The van der Waals surface area contributed by atoms with Crippen LogP contribution in [0.5, 0.6) is 0 Å². The quantitative estimate of drug-likeness (QED) is 0.584. The smallest absolute Gasteiger partial charge is 0.345 e. The molecule has 2 aromatic carbocycles. The summed E-state index contributed by atoms with van der Waals surface area (Å²) in [6.45, 7) is 2.18. The minimum Gasteiger partial charge on any atom is -0.462 e. The van der Waals surface area contributed by atoms with Gasteiger partial charge in [0.1, 0.15) is 4.48 Å². The molecule has 0 heterocycles. The zero-order chi connectivity index (χ0) is 15.5. The van der Waals surface area contributed by atoms with Crippen LogP contribution in [0.4, 0.5) is 0 Å². The van der Waals surface area contributed by atoms with E-state index in [1.54, 1.807) is 0 Å². The number of esters is 1. The number of hydrogen-bond donors (Lipinski definition) is 0. The number of aryl methyl sites for hydroxylation is 2. The predicted molar refractivity (Wildman–Crippen MR) is 91.9 cm³/mol. The lowest BCUT2D eigenvalue weighted by Gasteiger charge is -2.14. The molecule has 0 spiro atoms. The Balaban J connectivity index is 2.27. The van der Waals surface area contributed by atoms with Crippen molar-refractivity contribution in [2.75, 3.05) is 6.61 Å². The van der Waals surface area contributed by atoms with E-state index in [4.69, 9.17) is 4.74 Å². The van der Waals surface area contributed by atoms with Crippen molar-refractivity contribution < 1.29 is 9.53 Å². The molecule has 1 aliphatic rings. The van der Waals surface area contributed by atoms with E-state index in [1.165, 1.54) is 11.1 Å². The fourth-order valence-electron chi connectivity index (χ4n) is 2.91. The molecule has 0 fully saturated rings. The summed E-state index contributed by atoms with van der Waals surface area (Å²) in [5.41, 5.74) is 5.66. The molecule has 0 bridgehead atoms. The van der Waals surface area contributed by atoms with Gasteiger partial charge in [-0.25, -0.2) is 4.79 Å². The topological polar surface area (TPSA) is 26.3 Å². The van der Waals surface area contributed by atoms with Gasteiger partial charge in [0, 0.05) is 5.57 Å². The molecule has 0 radical (unpaired) electrons. The zero-order valence-electron chi connectivity index (χ0n) is 12.4. The van der Waals surface area contributed by atoms with Crippen molar-refractivity contribution in [2.45, 2.75) is 19.8 Å². The van der Waals surface area contributed by atoms with E-state index < -0.39 is 0 Å².